The molecule has 0 aliphatic heterocycles. The number of nitrogens with zero attached hydrogens (tertiary/aromatic N) is 3. The second-order valence-electron chi connectivity index (χ2n) is 11.4. The summed E-state index contributed by atoms with van der Waals surface area (Å²) in [5, 5.41) is 6.99. The summed E-state index contributed by atoms with van der Waals surface area (Å²) in [6.45, 7) is 0. The van der Waals surface area contributed by atoms with E-state index in [9.17, 15) is 0 Å². The van der Waals surface area contributed by atoms with Crippen molar-refractivity contribution in [2.45, 2.75) is 0 Å². The molecule has 0 amide bonds. The molecule has 10 rings (SSSR count). The van der Waals surface area contributed by atoms with Crippen molar-refractivity contribution in [1.29, 1.82) is 0 Å². The smallest absolute Gasteiger partial charge is 0.161 e. The first-order chi connectivity index (χ1) is 22.3. The van der Waals surface area contributed by atoms with E-state index in [1.807, 2.05) is 18.2 Å². The van der Waals surface area contributed by atoms with Gasteiger partial charge in [0, 0.05) is 48.4 Å². The van der Waals surface area contributed by atoms with Gasteiger partial charge in [-0.15, -0.1) is 11.3 Å². The van der Waals surface area contributed by atoms with E-state index in [2.05, 4.69) is 126 Å². The summed E-state index contributed by atoms with van der Waals surface area (Å²) in [6.07, 6.45) is 0. The normalized spacial score (nSPS) is 12.0. The van der Waals surface area contributed by atoms with Crippen LogP contribution in [0, 0.1) is 0 Å². The molecule has 0 aliphatic carbocycles. The van der Waals surface area contributed by atoms with Crippen molar-refractivity contribution in [3.63, 3.8) is 0 Å². The van der Waals surface area contributed by atoms with Gasteiger partial charge in [-0.3, -0.25) is 0 Å². The van der Waals surface area contributed by atoms with Crippen LogP contribution in [-0.2, 0) is 0 Å². The van der Waals surface area contributed by atoms with Crippen molar-refractivity contribution in [3.8, 4) is 28.3 Å². The van der Waals surface area contributed by atoms with Gasteiger partial charge in [-0.1, -0.05) is 84.9 Å². The van der Waals surface area contributed by atoms with E-state index in [0.29, 0.717) is 0 Å². The summed E-state index contributed by atoms with van der Waals surface area (Å²) in [4.78, 5) is 11.3. The highest BCUT2D eigenvalue weighted by molar-refractivity contribution is 7.25. The molecule has 0 saturated heterocycles. The molecule has 10 aromatic rings. The van der Waals surface area contributed by atoms with Crippen LogP contribution in [0.25, 0.3) is 92.4 Å². The van der Waals surface area contributed by atoms with Crippen molar-refractivity contribution >= 4 is 75.4 Å². The topological polar surface area (TPSA) is 43.9 Å². The van der Waals surface area contributed by atoms with Crippen LogP contribution in [0.4, 0.5) is 0 Å². The van der Waals surface area contributed by atoms with Crippen molar-refractivity contribution in [2.24, 2.45) is 0 Å². The molecule has 4 aromatic heterocycles. The Morgan fingerprint density at radius 1 is 0.511 bits per heavy atom. The Labute approximate surface area is 261 Å². The number of rotatable bonds is 3. The van der Waals surface area contributed by atoms with E-state index < -0.39 is 0 Å². The van der Waals surface area contributed by atoms with Gasteiger partial charge in [0.25, 0.3) is 0 Å². The molecule has 210 valence electrons. The Balaban J connectivity index is 1.20. The highest BCUT2D eigenvalue weighted by Gasteiger charge is 2.20. The lowest BCUT2D eigenvalue weighted by atomic mass is 10.1. The minimum Gasteiger partial charge on any atom is -0.456 e. The second-order valence-corrected chi connectivity index (χ2v) is 12.4. The zero-order chi connectivity index (χ0) is 29.5. The third-order valence-electron chi connectivity index (χ3n) is 8.84. The average Bonchev–Trinajstić information content (AvgIpc) is 3.77. The number of furan rings is 1. The van der Waals surface area contributed by atoms with Gasteiger partial charge in [-0.05, 0) is 54.6 Å². The lowest BCUT2D eigenvalue weighted by Gasteiger charge is -2.11. The van der Waals surface area contributed by atoms with Gasteiger partial charge < -0.3 is 8.98 Å². The minimum atomic E-state index is 0.727. The van der Waals surface area contributed by atoms with E-state index in [0.717, 1.165) is 71.5 Å². The van der Waals surface area contributed by atoms with Crippen LogP contribution in [0.15, 0.2) is 144 Å². The molecule has 0 saturated carbocycles. The van der Waals surface area contributed by atoms with Crippen LogP contribution in [-0.4, -0.2) is 14.5 Å². The summed E-state index contributed by atoms with van der Waals surface area (Å²) in [6, 6.07) is 48.8. The molecule has 45 heavy (non-hydrogen) atoms. The summed E-state index contributed by atoms with van der Waals surface area (Å²) in [5.74, 6) is 0.727. The third kappa shape index (κ3) is 3.59. The number of benzene rings is 6. The lowest BCUT2D eigenvalue weighted by molar-refractivity contribution is 0.669. The van der Waals surface area contributed by atoms with E-state index in [4.69, 9.17) is 14.4 Å². The van der Waals surface area contributed by atoms with E-state index in [-0.39, 0.29) is 0 Å². The Hall–Kier alpha value is -5.78. The fourth-order valence-corrected chi connectivity index (χ4v) is 7.93. The quantitative estimate of drug-likeness (QED) is 0.205. The summed E-state index contributed by atoms with van der Waals surface area (Å²) in [7, 11) is 0. The predicted octanol–water partition coefficient (Wildman–Crippen LogP) is 11.2. The number of hydrogen-bond acceptors (Lipinski definition) is 4. The Bertz CT molecular complexity index is 2750. The van der Waals surface area contributed by atoms with Crippen LogP contribution < -0.4 is 0 Å². The number of thiophene rings is 1. The number of aromatic nitrogens is 3. The molecule has 0 radical (unpaired) electrons. The SMILES string of the molecule is c1ccc(-c2nc(-c3ccc(-n4c5ccccc5c5ccc6oc7ccccc7c6c54)cc3)nc3sc4ccccc4c23)cc1. The summed E-state index contributed by atoms with van der Waals surface area (Å²) < 4.78 is 9.88. The molecule has 0 spiro atoms. The maximum absolute atomic E-state index is 6.30. The number of hydrogen-bond donors (Lipinski definition) is 0. The maximum atomic E-state index is 6.30. The van der Waals surface area contributed by atoms with Gasteiger partial charge in [-0.25, -0.2) is 9.97 Å². The second kappa shape index (κ2) is 9.36. The van der Waals surface area contributed by atoms with Crippen molar-refractivity contribution in [1.82, 2.24) is 14.5 Å². The zero-order valence-corrected chi connectivity index (χ0v) is 24.8. The van der Waals surface area contributed by atoms with Gasteiger partial charge in [0.2, 0.25) is 0 Å². The number of para-hydroxylation sites is 2. The van der Waals surface area contributed by atoms with Crippen LogP contribution in [0.3, 0.4) is 0 Å². The molecule has 0 fully saturated rings. The standard InChI is InChI=1S/C40H23N3OS/c1-2-10-24(11-3-1)37-36-30-14-6-9-17-34(30)45-40(36)42-39(41-37)25-18-20-26(21-19-25)43-31-15-7-4-12-27(31)28-22-23-33-35(38(28)43)29-13-5-8-16-32(29)44-33/h1-23H. The van der Waals surface area contributed by atoms with E-state index >= 15 is 0 Å². The monoisotopic (exact) mass is 593 g/mol. The fraction of sp³-hybridized carbons (Fsp3) is 0. The predicted molar refractivity (Wildman–Crippen MR) is 187 cm³/mol. The van der Waals surface area contributed by atoms with Crippen LogP contribution in [0.2, 0.25) is 0 Å². The molecule has 0 bridgehead atoms. The van der Waals surface area contributed by atoms with Crippen molar-refractivity contribution in [3.05, 3.63) is 140 Å². The zero-order valence-electron chi connectivity index (χ0n) is 23.9. The molecule has 0 atom stereocenters. The molecular weight excluding hydrogens is 571 g/mol. The van der Waals surface area contributed by atoms with E-state index in [1.165, 1.54) is 20.9 Å². The molecule has 6 aromatic carbocycles. The van der Waals surface area contributed by atoms with Crippen molar-refractivity contribution in [2.75, 3.05) is 0 Å². The molecule has 0 aliphatic rings. The van der Waals surface area contributed by atoms with E-state index in [1.54, 1.807) is 11.3 Å². The van der Waals surface area contributed by atoms with Gasteiger partial charge in [0.15, 0.2) is 5.82 Å². The largest absolute Gasteiger partial charge is 0.456 e. The Morgan fingerprint density at radius 3 is 2.11 bits per heavy atom. The maximum Gasteiger partial charge on any atom is 0.161 e. The molecular formula is C40H23N3OS. The van der Waals surface area contributed by atoms with Gasteiger partial charge in [0.05, 0.1) is 22.1 Å². The Kier molecular flexibility index (Phi) is 5.12. The molecule has 5 heteroatoms. The van der Waals surface area contributed by atoms with Gasteiger partial charge >= 0.3 is 0 Å². The van der Waals surface area contributed by atoms with Crippen LogP contribution in [0.1, 0.15) is 0 Å². The fourth-order valence-electron chi connectivity index (χ4n) is 6.85. The molecule has 4 heterocycles. The van der Waals surface area contributed by atoms with Crippen molar-refractivity contribution < 1.29 is 4.42 Å². The molecule has 0 N–H and O–H groups in total. The highest BCUT2D eigenvalue weighted by atomic mass is 32.1. The Morgan fingerprint density at radius 2 is 1.24 bits per heavy atom. The number of fused-ring (bicyclic) bond motifs is 10. The molecule has 4 nitrogen and oxygen atoms in total. The van der Waals surface area contributed by atoms with Gasteiger partial charge in [0.1, 0.15) is 16.0 Å². The first kappa shape index (κ1) is 24.6. The van der Waals surface area contributed by atoms with Crippen LogP contribution in [0.5, 0.6) is 0 Å². The minimum absolute atomic E-state index is 0.727. The third-order valence-corrected chi connectivity index (χ3v) is 9.91. The van der Waals surface area contributed by atoms with Crippen LogP contribution >= 0.6 is 11.3 Å². The summed E-state index contributed by atoms with van der Waals surface area (Å²) in [5.41, 5.74) is 8.22. The van der Waals surface area contributed by atoms with Gasteiger partial charge in [-0.2, -0.15) is 0 Å². The first-order valence-corrected chi connectivity index (χ1v) is 15.8. The highest BCUT2D eigenvalue weighted by Crippen LogP contribution is 2.42. The first-order valence-electron chi connectivity index (χ1n) is 15.0. The molecule has 0 unspecified atom stereocenters. The lowest BCUT2D eigenvalue weighted by Crippen LogP contribution is -1.96. The summed E-state index contributed by atoms with van der Waals surface area (Å²) >= 11 is 1.72. The average molecular weight is 594 g/mol.